The van der Waals surface area contributed by atoms with Crippen molar-refractivity contribution in [3.8, 4) is 0 Å². The molecule has 0 bridgehead atoms. The number of halogens is 1. The summed E-state index contributed by atoms with van der Waals surface area (Å²) in [6, 6.07) is 5.18. The van der Waals surface area contributed by atoms with Gasteiger partial charge in [0.15, 0.2) is 5.13 Å². The molecule has 1 aromatic carbocycles. The Bertz CT molecular complexity index is 540. The van der Waals surface area contributed by atoms with Crippen LogP contribution in [-0.4, -0.2) is 17.1 Å². The molecule has 1 heterocycles. The van der Waals surface area contributed by atoms with Gasteiger partial charge in [0.25, 0.3) is 0 Å². The topological polar surface area (TPSA) is 50.9 Å². The van der Waals surface area contributed by atoms with E-state index in [2.05, 4.69) is 10.3 Å². The monoisotopic (exact) mass is 251 g/mol. The van der Waals surface area contributed by atoms with Crippen LogP contribution in [0.25, 0.3) is 10.2 Å². The quantitative estimate of drug-likeness (QED) is 0.863. The molecule has 0 saturated heterocycles. The summed E-state index contributed by atoms with van der Waals surface area (Å²) < 4.78 is 13.9. The molecular formula is C12H14FN3S. The fourth-order valence-electron chi connectivity index (χ4n) is 2.29. The Kier molecular flexibility index (Phi) is 2.72. The number of aromatic nitrogens is 1. The van der Waals surface area contributed by atoms with Crippen LogP contribution in [0.5, 0.6) is 0 Å². The van der Waals surface area contributed by atoms with Crippen molar-refractivity contribution < 1.29 is 4.39 Å². The van der Waals surface area contributed by atoms with Gasteiger partial charge in [0.05, 0.1) is 10.2 Å². The highest BCUT2D eigenvalue weighted by atomic mass is 32.1. The van der Waals surface area contributed by atoms with Gasteiger partial charge in [-0.25, -0.2) is 9.37 Å². The van der Waals surface area contributed by atoms with Gasteiger partial charge in [-0.1, -0.05) is 11.3 Å². The number of fused-ring (bicyclic) bond motifs is 1. The Labute approximate surface area is 103 Å². The molecule has 1 aliphatic carbocycles. The number of nitrogens with zero attached hydrogens (tertiary/aromatic N) is 1. The Morgan fingerprint density at radius 1 is 1.41 bits per heavy atom. The zero-order chi connectivity index (χ0) is 11.8. The number of nitrogens with one attached hydrogen (secondary N) is 1. The first-order valence-corrected chi connectivity index (χ1v) is 6.62. The lowest BCUT2D eigenvalue weighted by molar-refractivity contribution is 0.630. The van der Waals surface area contributed by atoms with Crippen molar-refractivity contribution in [2.75, 3.05) is 5.32 Å². The lowest BCUT2D eigenvalue weighted by Crippen LogP contribution is -2.35. The van der Waals surface area contributed by atoms with Crippen molar-refractivity contribution in [3.05, 3.63) is 24.0 Å². The maximum atomic E-state index is 13.1. The summed E-state index contributed by atoms with van der Waals surface area (Å²) in [6.45, 7) is 0. The fourth-order valence-corrected chi connectivity index (χ4v) is 3.24. The summed E-state index contributed by atoms with van der Waals surface area (Å²) in [5, 5.41) is 4.20. The van der Waals surface area contributed by atoms with Gasteiger partial charge in [-0.15, -0.1) is 0 Å². The van der Waals surface area contributed by atoms with Crippen LogP contribution in [0.1, 0.15) is 19.3 Å². The number of thiazole rings is 1. The van der Waals surface area contributed by atoms with Crippen molar-refractivity contribution in [2.45, 2.75) is 31.3 Å². The Hall–Kier alpha value is -1.20. The largest absolute Gasteiger partial charge is 0.357 e. The Morgan fingerprint density at radius 2 is 2.29 bits per heavy atom. The van der Waals surface area contributed by atoms with E-state index in [9.17, 15) is 4.39 Å². The van der Waals surface area contributed by atoms with Gasteiger partial charge in [0, 0.05) is 12.1 Å². The molecule has 3 nitrogen and oxygen atoms in total. The fraction of sp³-hybridized carbons (Fsp3) is 0.417. The van der Waals surface area contributed by atoms with Crippen molar-refractivity contribution in [1.82, 2.24) is 4.98 Å². The predicted octanol–water partition coefficient (Wildman–Crippen LogP) is 2.73. The average molecular weight is 251 g/mol. The van der Waals surface area contributed by atoms with E-state index >= 15 is 0 Å². The number of nitrogens with two attached hydrogens (primary N) is 1. The standard InChI is InChI=1S/C12H14FN3S/c13-7-4-5-10-11(6-7)17-12(16-10)15-9-3-1-2-8(9)14/h4-6,8-9H,1-3,14H2,(H,15,16)/t8-,9?/m0/s1. The van der Waals surface area contributed by atoms with Crippen molar-refractivity contribution in [1.29, 1.82) is 0 Å². The van der Waals surface area contributed by atoms with Crippen LogP contribution in [0.2, 0.25) is 0 Å². The first-order chi connectivity index (χ1) is 8.22. The van der Waals surface area contributed by atoms with Crippen LogP contribution >= 0.6 is 11.3 Å². The SMILES string of the molecule is N[C@H]1CCCC1Nc1nc2ccc(F)cc2s1. The van der Waals surface area contributed by atoms with E-state index in [1.54, 1.807) is 6.07 Å². The second kappa shape index (κ2) is 4.23. The Balaban J connectivity index is 1.85. The molecule has 5 heteroatoms. The Morgan fingerprint density at radius 3 is 3.06 bits per heavy atom. The summed E-state index contributed by atoms with van der Waals surface area (Å²) in [5.74, 6) is -0.217. The van der Waals surface area contributed by atoms with E-state index in [4.69, 9.17) is 5.73 Å². The summed E-state index contributed by atoms with van der Waals surface area (Å²) in [5.41, 5.74) is 6.84. The molecule has 0 amide bonds. The van der Waals surface area contributed by atoms with E-state index in [1.165, 1.54) is 29.9 Å². The number of hydrogen-bond acceptors (Lipinski definition) is 4. The maximum absolute atomic E-state index is 13.1. The number of rotatable bonds is 2. The number of hydrogen-bond donors (Lipinski definition) is 2. The molecular weight excluding hydrogens is 237 g/mol. The molecule has 0 spiro atoms. The highest BCUT2D eigenvalue weighted by Crippen LogP contribution is 2.29. The highest BCUT2D eigenvalue weighted by Gasteiger charge is 2.24. The molecule has 2 atom stereocenters. The van der Waals surface area contributed by atoms with Gasteiger partial charge >= 0.3 is 0 Å². The molecule has 3 rings (SSSR count). The molecule has 0 aliphatic heterocycles. The van der Waals surface area contributed by atoms with Crippen LogP contribution in [0.3, 0.4) is 0 Å². The average Bonchev–Trinajstić information content (AvgIpc) is 2.85. The zero-order valence-electron chi connectivity index (χ0n) is 9.32. The van der Waals surface area contributed by atoms with Crippen LogP contribution < -0.4 is 11.1 Å². The molecule has 1 unspecified atom stereocenters. The summed E-state index contributed by atoms with van der Waals surface area (Å²) in [7, 11) is 0. The smallest absolute Gasteiger partial charge is 0.184 e. The summed E-state index contributed by atoms with van der Waals surface area (Å²) in [4.78, 5) is 4.44. The zero-order valence-corrected chi connectivity index (χ0v) is 10.1. The third-order valence-electron chi connectivity index (χ3n) is 3.23. The second-order valence-corrected chi connectivity index (χ2v) is 5.51. The van der Waals surface area contributed by atoms with Crippen molar-refractivity contribution >= 4 is 26.7 Å². The van der Waals surface area contributed by atoms with E-state index in [-0.39, 0.29) is 11.9 Å². The predicted molar refractivity (Wildman–Crippen MR) is 68.8 cm³/mol. The van der Waals surface area contributed by atoms with Gasteiger partial charge in [0.2, 0.25) is 0 Å². The molecule has 1 fully saturated rings. The third-order valence-corrected chi connectivity index (χ3v) is 4.18. The van der Waals surface area contributed by atoms with Gasteiger partial charge in [-0.2, -0.15) is 0 Å². The molecule has 1 aromatic heterocycles. The molecule has 1 saturated carbocycles. The van der Waals surface area contributed by atoms with Crippen molar-refractivity contribution in [3.63, 3.8) is 0 Å². The van der Waals surface area contributed by atoms with E-state index in [0.717, 1.165) is 28.2 Å². The van der Waals surface area contributed by atoms with E-state index in [1.807, 2.05) is 0 Å². The minimum Gasteiger partial charge on any atom is -0.357 e. The van der Waals surface area contributed by atoms with Gasteiger partial charge in [-0.3, -0.25) is 0 Å². The van der Waals surface area contributed by atoms with Gasteiger partial charge in [0.1, 0.15) is 5.82 Å². The van der Waals surface area contributed by atoms with Gasteiger partial charge < -0.3 is 11.1 Å². The van der Waals surface area contributed by atoms with Crippen LogP contribution in [0, 0.1) is 5.82 Å². The molecule has 90 valence electrons. The lowest BCUT2D eigenvalue weighted by atomic mass is 10.2. The van der Waals surface area contributed by atoms with Crippen LogP contribution in [-0.2, 0) is 0 Å². The number of benzene rings is 1. The minimum atomic E-state index is -0.217. The van der Waals surface area contributed by atoms with Gasteiger partial charge in [-0.05, 0) is 37.5 Å². The maximum Gasteiger partial charge on any atom is 0.184 e. The molecule has 3 N–H and O–H groups in total. The molecule has 17 heavy (non-hydrogen) atoms. The molecule has 0 radical (unpaired) electrons. The van der Waals surface area contributed by atoms with E-state index in [0.29, 0.717) is 6.04 Å². The first-order valence-electron chi connectivity index (χ1n) is 5.80. The molecule has 1 aliphatic rings. The first kappa shape index (κ1) is 10.9. The summed E-state index contributed by atoms with van der Waals surface area (Å²) in [6.07, 6.45) is 3.32. The second-order valence-electron chi connectivity index (χ2n) is 4.48. The van der Waals surface area contributed by atoms with Crippen LogP contribution in [0.15, 0.2) is 18.2 Å². The minimum absolute atomic E-state index is 0.207. The highest BCUT2D eigenvalue weighted by molar-refractivity contribution is 7.22. The molecule has 2 aromatic rings. The number of anilines is 1. The normalized spacial score (nSPS) is 24.4. The van der Waals surface area contributed by atoms with Crippen molar-refractivity contribution in [2.24, 2.45) is 5.73 Å². The van der Waals surface area contributed by atoms with Crippen LogP contribution in [0.4, 0.5) is 9.52 Å². The lowest BCUT2D eigenvalue weighted by Gasteiger charge is -2.15. The summed E-state index contributed by atoms with van der Waals surface area (Å²) >= 11 is 1.48. The van der Waals surface area contributed by atoms with E-state index < -0.39 is 0 Å². The third kappa shape index (κ3) is 2.12.